The van der Waals surface area contributed by atoms with Crippen molar-refractivity contribution >= 4 is 40.9 Å². The highest BCUT2D eigenvalue weighted by atomic mass is 35.5. The summed E-state index contributed by atoms with van der Waals surface area (Å²) < 4.78 is 5.77. The number of amidine groups is 1. The van der Waals surface area contributed by atoms with E-state index >= 15 is 0 Å². The van der Waals surface area contributed by atoms with Gasteiger partial charge in [0.25, 0.3) is 5.91 Å². The van der Waals surface area contributed by atoms with E-state index in [9.17, 15) is 14.7 Å². The number of aliphatic imine (C=N–C) groups is 1. The number of unbranched alkanes of at least 4 members (excludes halogenated alkanes) is 1. The zero-order chi connectivity index (χ0) is 24.3. The molecule has 2 aromatic rings. The molecule has 0 radical (unpaired) electrons. The zero-order valence-corrected chi connectivity index (χ0v) is 20.2. The molecule has 8 nitrogen and oxygen atoms in total. The highest BCUT2D eigenvalue weighted by Gasteiger charge is 2.23. The van der Waals surface area contributed by atoms with E-state index in [1.165, 1.54) is 12.1 Å². The molecule has 1 aliphatic rings. The summed E-state index contributed by atoms with van der Waals surface area (Å²) in [6.45, 7) is 3.98. The van der Waals surface area contributed by atoms with Crippen LogP contribution >= 0.6 is 23.2 Å². The van der Waals surface area contributed by atoms with Crippen molar-refractivity contribution in [3.8, 4) is 5.75 Å². The molecule has 0 saturated heterocycles. The van der Waals surface area contributed by atoms with Crippen molar-refractivity contribution < 1.29 is 19.4 Å². The molecule has 182 valence electrons. The topological polar surface area (TPSA) is 112 Å². The lowest BCUT2D eigenvalue weighted by Gasteiger charge is -2.16. The van der Waals surface area contributed by atoms with Crippen LogP contribution in [0.3, 0.4) is 0 Å². The first-order valence-corrected chi connectivity index (χ1v) is 11.9. The highest BCUT2D eigenvalue weighted by molar-refractivity contribution is 6.39. The van der Waals surface area contributed by atoms with Gasteiger partial charge in [-0.2, -0.15) is 0 Å². The van der Waals surface area contributed by atoms with Crippen molar-refractivity contribution in [3.05, 3.63) is 63.6 Å². The second kappa shape index (κ2) is 13.2. The van der Waals surface area contributed by atoms with Gasteiger partial charge < -0.3 is 25.8 Å². The van der Waals surface area contributed by atoms with E-state index in [4.69, 9.17) is 27.9 Å². The number of carbonyl (C=O) groups is 2. The fourth-order valence-electron chi connectivity index (χ4n) is 3.40. The number of hydrogen-bond acceptors (Lipinski definition) is 6. The Balaban J connectivity index is 1.44. The van der Waals surface area contributed by atoms with Crippen molar-refractivity contribution in [2.45, 2.75) is 25.3 Å². The molecule has 4 N–H and O–H groups in total. The first kappa shape index (κ1) is 25.8. The number of aliphatic carboxylic acids is 1. The normalized spacial score (nSPS) is 14.1. The van der Waals surface area contributed by atoms with Crippen LogP contribution in [0.1, 0.15) is 28.8 Å². The molecule has 0 aliphatic carbocycles. The maximum absolute atomic E-state index is 12.6. The second-order valence-corrected chi connectivity index (χ2v) is 8.61. The third-order valence-corrected chi connectivity index (χ3v) is 5.84. The SMILES string of the molecule is O=C(N[C@@H](Cc1ccc(OCCCCNC2=NCCNC2)cc1)C(=O)O)c1c(Cl)cccc1Cl. The van der Waals surface area contributed by atoms with Crippen molar-refractivity contribution in [1.29, 1.82) is 0 Å². The summed E-state index contributed by atoms with van der Waals surface area (Å²) in [5.41, 5.74) is 0.802. The van der Waals surface area contributed by atoms with Gasteiger partial charge in [-0.1, -0.05) is 41.4 Å². The quantitative estimate of drug-likeness (QED) is 0.348. The summed E-state index contributed by atoms with van der Waals surface area (Å²) in [7, 11) is 0. The third kappa shape index (κ3) is 7.90. The van der Waals surface area contributed by atoms with E-state index in [2.05, 4.69) is 20.9 Å². The number of nitrogens with one attached hydrogen (secondary N) is 3. The Kier molecular flexibility index (Phi) is 10.00. The molecule has 0 saturated carbocycles. The molecule has 34 heavy (non-hydrogen) atoms. The van der Waals surface area contributed by atoms with E-state index in [-0.39, 0.29) is 22.0 Å². The average molecular weight is 507 g/mol. The molecular formula is C24H28Cl2N4O4. The molecule has 1 amide bonds. The predicted octanol–water partition coefficient (Wildman–Crippen LogP) is 3.17. The van der Waals surface area contributed by atoms with E-state index in [1.54, 1.807) is 30.3 Å². The standard InChI is InChI=1S/C24H28Cl2N4O4/c25-18-4-3-5-19(26)22(18)23(31)30-20(24(32)33)14-16-6-8-17(9-7-16)34-13-2-1-10-28-21-15-27-11-12-29-21/h3-9,20,27H,1-2,10-15H2,(H,28,29)(H,30,31)(H,32,33)/t20-/m0/s1. The minimum atomic E-state index is -1.15. The van der Waals surface area contributed by atoms with E-state index in [1.807, 2.05) is 0 Å². The number of carbonyl (C=O) groups excluding carboxylic acids is 1. The number of rotatable bonds is 11. The minimum Gasteiger partial charge on any atom is -0.494 e. The Morgan fingerprint density at radius 3 is 2.50 bits per heavy atom. The van der Waals surface area contributed by atoms with Gasteiger partial charge in [0, 0.05) is 19.5 Å². The van der Waals surface area contributed by atoms with Crippen LogP contribution in [0.4, 0.5) is 0 Å². The number of nitrogens with zero attached hydrogens (tertiary/aromatic N) is 1. The number of carboxylic acid groups (broad SMARTS) is 1. The van der Waals surface area contributed by atoms with Gasteiger partial charge in [-0.25, -0.2) is 4.79 Å². The van der Waals surface area contributed by atoms with Crippen LogP contribution in [0.25, 0.3) is 0 Å². The number of halogens is 2. The Morgan fingerprint density at radius 2 is 1.85 bits per heavy atom. The zero-order valence-electron chi connectivity index (χ0n) is 18.7. The molecular weight excluding hydrogens is 479 g/mol. The number of carboxylic acids is 1. The Hall–Kier alpha value is -2.81. The van der Waals surface area contributed by atoms with Gasteiger partial charge in [0.05, 0.1) is 35.3 Å². The molecule has 1 aliphatic heterocycles. The molecule has 0 spiro atoms. The van der Waals surface area contributed by atoms with Crippen LogP contribution < -0.4 is 20.7 Å². The number of benzene rings is 2. The van der Waals surface area contributed by atoms with Crippen LogP contribution in [-0.4, -0.2) is 61.6 Å². The van der Waals surface area contributed by atoms with Crippen molar-refractivity contribution in [2.24, 2.45) is 4.99 Å². The van der Waals surface area contributed by atoms with Gasteiger partial charge in [-0.3, -0.25) is 9.79 Å². The molecule has 0 fully saturated rings. The number of hydrogen-bond donors (Lipinski definition) is 4. The molecule has 3 rings (SSSR count). The first-order valence-electron chi connectivity index (χ1n) is 11.1. The lowest BCUT2D eigenvalue weighted by atomic mass is 10.1. The second-order valence-electron chi connectivity index (χ2n) is 7.80. The average Bonchev–Trinajstić information content (AvgIpc) is 2.82. The van der Waals surface area contributed by atoms with E-state index < -0.39 is 17.9 Å². The Morgan fingerprint density at radius 1 is 1.12 bits per heavy atom. The fourth-order valence-corrected chi connectivity index (χ4v) is 3.97. The summed E-state index contributed by atoms with van der Waals surface area (Å²) in [5.74, 6) is -0.0744. The van der Waals surface area contributed by atoms with Gasteiger partial charge in [-0.05, 0) is 42.7 Å². The molecule has 0 unspecified atom stereocenters. The fraction of sp³-hybridized carbons (Fsp3) is 0.375. The van der Waals surface area contributed by atoms with Crippen molar-refractivity contribution in [3.63, 3.8) is 0 Å². The van der Waals surface area contributed by atoms with Crippen LogP contribution in [-0.2, 0) is 11.2 Å². The first-order chi connectivity index (χ1) is 16.4. The summed E-state index contributed by atoms with van der Waals surface area (Å²) in [5, 5.41) is 19.0. The lowest BCUT2D eigenvalue weighted by molar-refractivity contribution is -0.139. The molecule has 2 aromatic carbocycles. The minimum absolute atomic E-state index is 0.0550. The smallest absolute Gasteiger partial charge is 0.326 e. The Bertz CT molecular complexity index is 994. The highest BCUT2D eigenvalue weighted by Crippen LogP contribution is 2.24. The number of ether oxygens (including phenoxy) is 1. The lowest BCUT2D eigenvalue weighted by Crippen LogP contribution is -2.42. The van der Waals surface area contributed by atoms with Gasteiger partial charge in [0.2, 0.25) is 0 Å². The van der Waals surface area contributed by atoms with E-state index in [0.29, 0.717) is 12.4 Å². The van der Waals surface area contributed by atoms with E-state index in [0.717, 1.165) is 50.4 Å². The van der Waals surface area contributed by atoms with Crippen molar-refractivity contribution in [2.75, 3.05) is 32.8 Å². The molecule has 1 atom stereocenters. The molecule has 1 heterocycles. The maximum Gasteiger partial charge on any atom is 0.326 e. The number of amides is 1. The third-order valence-electron chi connectivity index (χ3n) is 5.21. The van der Waals surface area contributed by atoms with Gasteiger partial charge >= 0.3 is 5.97 Å². The molecule has 0 bridgehead atoms. The van der Waals surface area contributed by atoms with Crippen molar-refractivity contribution in [1.82, 2.24) is 16.0 Å². The summed E-state index contributed by atoms with van der Waals surface area (Å²) >= 11 is 12.1. The Labute approximate surface area is 208 Å². The summed E-state index contributed by atoms with van der Waals surface area (Å²) in [4.78, 5) is 28.7. The van der Waals surface area contributed by atoms with Crippen LogP contribution in [0.5, 0.6) is 5.75 Å². The molecule has 0 aromatic heterocycles. The largest absolute Gasteiger partial charge is 0.494 e. The predicted molar refractivity (Wildman–Crippen MR) is 133 cm³/mol. The van der Waals surface area contributed by atoms with Gasteiger partial charge in [0.15, 0.2) is 0 Å². The summed E-state index contributed by atoms with van der Waals surface area (Å²) in [6.07, 6.45) is 1.97. The van der Waals surface area contributed by atoms with Gasteiger partial charge in [0.1, 0.15) is 17.6 Å². The maximum atomic E-state index is 12.6. The van der Waals surface area contributed by atoms with Gasteiger partial charge in [-0.15, -0.1) is 0 Å². The summed E-state index contributed by atoms with van der Waals surface area (Å²) in [6, 6.07) is 10.7. The van der Waals surface area contributed by atoms with Crippen LogP contribution in [0.15, 0.2) is 47.5 Å². The monoisotopic (exact) mass is 506 g/mol. The van der Waals surface area contributed by atoms with Crippen LogP contribution in [0.2, 0.25) is 10.0 Å². The van der Waals surface area contributed by atoms with Crippen LogP contribution in [0, 0.1) is 0 Å². The molecule has 10 heteroatoms.